The van der Waals surface area contributed by atoms with E-state index in [2.05, 4.69) is 10.4 Å². The number of hydrogen-bond donors (Lipinski definition) is 1. The molecule has 1 N–H and O–H groups in total. The van der Waals surface area contributed by atoms with E-state index < -0.39 is 0 Å². The molecule has 3 aromatic rings. The molecule has 0 unspecified atom stereocenters. The Morgan fingerprint density at radius 2 is 1.81 bits per heavy atom. The van der Waals surface area contributed by atoms with Gasteiger partial charge in [0.25, 0.3) is 5.91 Å². The third-order valence-electron chi connectivity index (χ3n) is 4.38. The van der Waals surface area contributed by atoms with Crippen molar-refractivity contribution < 1.29 is 9.59 Å². The van der Waals surface area contributed by atoms with Crippen LogP contribution >= 0.6 is 0 Å². The molecule has 1 saturated heterocycles. The summed E-state index contributed by atoms with van der Waals surface area (Å²) in [7, 11) is 0. The van der Waals surface area contributed by atoms with Gasteiger partial charge >= 0.3 is 0 Å². The molecular formula is C20H18N4O2. The lowest BCUT2D eigenvalue weighted by Gasteiger charge is -2.19. The number of carbonyl (C=O) groups is 2. The maximum Gasteiger partial charge on any atom is 0.258 e. The van der Waals surface area contributed by atoms with Crippen LogP contribution in [0.4, 0.5) is 11.4 Å². The second-order valence-electron chi connectivity index (χ2n) is 6.13. The highest BCUT2D eigenvalue weighted by Gasteiger charge is 2.24. The summed E-state index contributed by atoms with van der Waals surface area (Å²) in [4.78, 5) is 26.4. The molecule has 4 rings (SSSR count). The van der Waals surface area contributed by atoms with Gasteiger partial charge in [-0.05, 0) is 30.7 Å². The van der Waals surface area contributed by atoms with E-state index in [9.17, 15) is 9.59 Å². The molecular weight excluding hydrogens is 328 g/mol. The summed E-state index contributed by atoms with van der Waals surface area (Å²) >= 11 is 0. The molecule has 1 aliphatic rings. The number of carbonyl (C=O) groups excluding carboxylic acids is 2. The maximum atomic E-state index is 12.6. The minimum atomic E-state index is -0.258. The predicted octanol–water partition coefficient (Wildman–Crippen LogP) is 3.25. The molecule has 0 radical (unpaired) electrons. The Hall–Kier alpha value is -3.41. The van der Waals surface area contributed by atoms with Crippen LogP contribution in [-0.2, 0) is 4.79 Å². The molecule has 2 heterocycles. The number of amides is 2. The zero-order valence-electron chi connectivity index (χ0n) is 14.1. The van der Waals surface area contributed by atoms with Gasteiger partial charge in [-0.25, -0.2) is 4.68 Å². The average Bonchev–Trinajstić information content (AvgIpc) is 3.32. The van der Waals surface area contributed by atoms with Gasteiger partial charge in [0.1, 0.15) is 0 Å². The molecule has 26 heavy (non-hydrogen) atoms. The standard InChI is InChI=1S/C20H18N4O2/c25-19-11-6-12-23(19)18-10-5-4-9-17(18)22-20(26)15-13-21-24(14-15)16-7-2-1-3-8-16/h1-5,7-10,13-14H,6,11-12H2,(H,22,26). The summed E-state index contributed by atoms with van der Waals surface area (Å²) in [6, 6.07) is 17.0. The molecule has 1 aliphatic heterocycles. The Bertz CT molecular complexity index is 949. The van der Waals surface area contributed by atoms with Crippen LogP contribution < -0.4 is 10.2 Å². The van der Waals surface area contributed by atoms with Gasteiger partial charge in [-0.1, -0.05) is 30.3 Å². The number of para-hydroxylation sites is 3. The van der Waals surface area contributed by atoms with Crippen LogP contribution in [0, 0.1) is 0 Å². The van der Waals surface area contributed by atoms with Crippen molar-refractivity contribution in [1.82, 2.24) is 9.78 Å². The Morgan fingerprint density at radius 1 is 1.04 bits per heavy atom. The number of anilines is 2. The van der Waals surface area contributed by atoms with E-state index >= 15 is 0 Å². The fourth-order valence-corrected chi connectivity index (χ4v) is 3.07. The van der Waals surface area contributed by atoms with Gasteiger partial charge in [0.05, 0.1) is 28.8 Å². The molecule has 6 nitrogen and oxygen atoms in total. The lowest BCUT2D eigenvalue weighted by atomic mass is 10.2. The first-order valence-electron chi connectivity index (χ1n) is 8.53. The van der Waals surface area contributed by atoms with Crippen molar-refractivity contribution in [3.8, 4) is 5.69 Å². The van der Waals surface area contributed by atoms with Crippen molar-refractivity contribution >= 4 is 23.2 Å². The molecule has 6 heteroatoms. The van der Waals surface area contributed by atoms with E-state index in [0.717, 1.165) is 17.8 Å². The molecule has 2 aromatic carbocycles. The van der Waals surface area contributed by atoms with Crippen molar-refractivity contribution in [3.05, 3.63) is 72.6 Å². The number of rotatable bonds is 4. The number of nitrogens with zero attached hydrogens (tertiary/aromatic N) is 3. The molecule has 1 aromatic heterocycles. The lowest BCUT2D eigenvalue weighted by Crippen LogP contribution is -2.25. The zero-order chi connectivity index (χ0) is 17.9. The molecule has 2 amide bonds. The molecule has 0 atom stereocenters. The van der Waals surface area contributed by atoms with Crippen LogP contribution in [0.5, 0.6) is 0 Å². The monoisotopic (exact) mass is 346 g/mol. The summed E-state index contributed by atoms with van der Waals surface area (Å²) in [6.45, 7) is 0.678. The summed E-state index contributed by atoms with van der Waals surface area (Å²) in [6.07, 6.45) is 4.61. The van der Waals surface area contributed by atoms with Crippen LogP contribution in [0.1, 0.15) is 23.2 Å². The van der Waals surface area contributed by atoms with E-state index in [1.54, 1.807) is 21.8 Å². The van der Waals surface area contributed by atoms with Crippen molar-refractivity contribution in [3.63, 3.8) is 0 Å². The summed E-state index contributed by atoms with van der Waals surface area (Å²) in [5, 5.41) is 7.16. The average molecular weight is 346 g/mol. The largest absolute Gasteiger partial charge is 0.320 e. The Balaban J connectivity index is 1.56. The first-order chi connectivity index (χ1) is 12.7. The normalized spacial score (nSPS) is 13.8. The van der Waals surface area contributed by atoms with Gasteiger partial charge in [-0.3, -0.25) is 9.59 Å². The smallest absolute Gasteiger partial charge is 0.258 e. The molecule has 0 spiro atoms. The van der Waals surface area contributed by atoms with Crippen molar-refractivity contribution in [2.45, 2.75) is 12.8 Å². The Labute approximate surface area is 151 Å². The summed E-state index contributed by atoms with van der Waals surface area (Å²) < 4.78 is 1.66. The highest BCUT2D eigenvalue weighted by atomic mass is 16.2. The van der Waals surface area contributed by atoms with E-state index in [4.69, 9.17) is 0 Å². The van der Waals surface area contributed by atoms with E-state index in [-0.39, 0.29) is 11.8 Å². The van der Waals surface area contributed by atoms with E-state index in [0.29, 0.717) is 24.2 Å². The fraction of sp³-hybridized carbons (Fsp3) is 0.150. The fourth-order valence-electron chi connectivity index (χ4n) is 3.07. The lowest BCUT2D eigenvalue weighted by molar-refractivity contribution is -0.117. The first-order valence-corrected chi connectivity index (χ1v) is 8.53. The van der Waals surface area contributed by atoms with Gasteiger partial charge in [0.15, 0.2) is 0 Å². The zero-order valence-corrected chi connectivity index (χ0v) is 14.1. The van der Waals surface area contributed by atoms with Crippen LogP contribution in [-0.4, -0.2) is 28.1 Å². The van der Waals surface area contributed by atoms with Gasteiger partial charge in [0, 0.05) is 19.2 Å². The van der Waals surface area contributed by atoms with E-state index in [1.807, 2.05) is 48.5 Å². The van der Waals surface area contributed by atoms with Crippen LogP contribution in [0.2, 0.25) is 0 Å². The first kappa shape index (κ1) is 16.1. The second-order valence-corrected chi connectivity index (χ2v) is 6.13. The molecule has 0 saturated carbocycles. The highest BCUT2D eigenvalue weighted by Crippen LogP contribution is 2.29. The van der Waals surface area contributed by atoms with Crippen molar-refractivity contribution in [2.75, 3.05) is 16.8 Å². The third-order valence-corrected chi connectivity index (χ3v) is 4.38. The van der Waals surface area contributed by atoms with Crippen LogP contribution in [0.3, 0.4) is 0 Å². The number of hydrogen-bond acceptors (Lipinski definition) is 3. The quantitative estimate of drug-likeness (QED) is 0.788. The van der Waals surface area contributed by atoms with Gasteiger partial charge in [0.2, 0.25) is 5.91 Å². The Morgan fingerprint density at radius 3 is 2.58 bits per heavy atom. The predicted molar refractivity (Wildman–Crippen MR) is 99.5 cm³/mol. The topological polar surface area (TPSA) is 67.2 Å². The van der Waals surface area contributed by atoms with Crippen LogP contribution in [0.25, 0.3) is 5.69 Å². The second kappa shape index (κ2) is 6.84. The third kappa shape index (κ3) is 3.09. The molecule has 130 valence electrons. The maximum absolute atomic E-state index is 12.6. The summed E-state index contributed by atoms with van der Waals surface area (Å²) in [5.41, 5.74) is 2.70. The van der Waals surface area contributed by atoms with Gasteiger partial charge in [-0.15, -0.1) is 0 Å². The van der Waals surface area contributed by atoms with Crippen molar-refractivity contribution in [2.24, 2.45) is 0 Å². The Kier molecular flexibility index (Phi) is 4.23. The molecule has 0 bridgehead atoms. The van der Waals surface area contributed by atoms with Crippen LogP contribution in [0.15, 0.2) is 67.0 Å². The molecule has 0 aliphatic carbocycles. The highest BCUT2D eigenvalue weighted by molar-refractivity contribution is 6.07. The SMILES string of the molecule is O=C(Nc1ccccc1N1CCCC1=O)c1cnn(-c2ccccc2)c1. The van der Waals surface area contributed by atoms with Gasteiger partial charge < -0.3 is 10.2 Å². The van der Waals surface area contributed by atoms with Gasteiger partial charge in [-0.2, -0.15) is 5.10 Å². The summed E-state index contributed by atoms with van der Waals surface area (Å²) in [5.74, 6) is -0.171. The minimum Gasteiger partial charge on any atom is -0.320 e. The van der Waals surface area contributed by atoms with E-state index in [1.165, 1.54) is 6.20 Å². The molecule has 1 fully saturated rings. The minimum absolute atomic E-state index is 0.0867. The van der Waals surface area contributed by atoms with Crippen molar-refractivity contribution in [1.29, 1.82) is 0 Å². The number of nitrogens with one attached hydrogen (secondary N) is 1. The number of aromatic nitrogens is 2. The number of benzene rings is 2.